The SMILES string of the molecule is Cc1sc(-c2ccc(C(C)(C)C)cc2)nc1CC(N)c1nc(-c2ccc(C(C)(C)C)cc2)sc1C. The summed E-state index contributed by atoms with van der Waals surface area (Å²) in [6.45, 7) is 17.7. The third-order valence-corrected chi connectivity index (χ3v) is 8.58. The minimum atomic E-state index is -0.175. The van der Waals surface area contributed by atoms with Gasteiger partial charge >= 0.3 is 0 Å². The Morgan fingerprint density at radius 2 is 1.11 bits per heavy atom. The smallest absolute Gasteiger partial charge is 0.123 e. The predicted molar refractivity (Wildman–Crippen MR) is 153 cm³/mol. The Bertz CT molecular complexity index is 1300. The maximum Gasteiger partial charge on any atom is 0.123 e. The van der Waals surface area contributed by atoms with E-state index in [0.29, 0.717) is 6.42 Å². The second-order valence-corrected chi connectivity index (χ2v) is 13.9. The summed E-state index contributed by atoms with van der Waals surface area (Å²) < 4.78 is 0. The molecular weight excluding hydrogens is 466 g/mol. The van der Waals surface area contributed by atoms with Gasteiger partial charge < -0.3 is 5.73 Å². The number of thiazole rings is 2. The molecule has 1 atom stereocenters. The molecule has 0 radical (unpaired) electrons. The van der Waals surface area contributed by atoms with E-state index < -0.39 is 0 Å². The molecule has 2 heterocycles. The fourth-order valence-corrected chi connectivity index (χ4v) is 6.08. The molecule has 0 spiro atoms. The van der Waals surface area contributed by atoms with Crippen LogP contribution in [0.1, 0.15) is 79.9 Å². The van der Waals surface area contributed by atoms with E-state index in [9.17, 15) is 0 Å². The van der Waals surface area contributed by atoms with Crippen LogP contribution in [0.25, 0.3) is 21.1 Å². The van der Waals surface area contributed by atoms with Crippen LogP contribution in [0, 0.1) is 13.8 Å². The van der Waals surface area contributed by atoms with E-state index in [2.05, 4.69) is 104 Å². The molecule has 5 heteroatoms. The summed E-state index contributed by atoms with van der Waals surface area (Å²) >= 11 is 3.46. The molecule has 0 aliphatic rings. The van der Waals surface area contributed by atoms with Crippen molar-refractivity contribution in [2.45, 2.75) is 78.7 Å². The first kappa shape index (κ1) is 25.7. The molecule has 184 valence electrons. The maximum atomic E-state index is 6.69. The molecule has 4 aromatic rings. The zero-order valence-electron chi connectivity index (χ0n) is 22.2. The number of benzene rings is 2. The molecule has 0 fully saturated rings. The normalized spacial score (nSPS) is 13.3. The Hall–Kier alpha value is -2.34. The van der Waals surface area contributed by atoms with E-state index in [1.165, 1.54) is 20.9 Å². The molecule has 35 heavy (non-hydrogen) atoms. The topological polar surface area (TPSA) is 51.8 Å². The Morgan fingerprint density at radius 1 is 0.686 bits per heavy atom. The standard InChI is InChI=1S/C30H37N3S2/c1-18-25(32-27(34-18)20-9-13-22(14-10-20)29(3,4)5)17-24(31)26-19(2)35-28(33-26)21-11-15-23(16-12-21)30(6,7)8/h9-16,24H,17,31H2,1-8H3. The van der Waals surface area contributed by atoms with E-state index in [1.54, 1.807) is 22.7 Å². The van der Waals surface area contributed by atoms with Gasteiger partial charge in [-0.3, -0.25) is 0 Å². The first-order chi connectivity index (χ1) is 16.3. The van der Waals surface area contributed by atoms with Crippen LogP contribution in [-0.4, -0.2) is 9.97 Å². The number of aryl methyl sites for hydroxylation is 2. The van der Waals surface area contributed by atoms with Gasteiger partial charge in [0.05, 0.1) is 17.4 Å². The van der Waals surface area contributed by atoms with Crippen LogP contribution in [0.4, 0.5) is 0 Å². The molecule has 0 saturated heterocycles. The summed E-state index contributed by atoms with van der Waals surface area (Å²) in [5.74, 6) is 0. The Kier molecular flexibility index (Phi) is 7.07. The van der Waals surface area contributed by atoms with Crippen molar-refractivity contribution < 1.29 is 0 Å². The quantitative estimate of drug-likeness (QED) is 0.297. The zero-order valence-corrected chi connectivity index (χ0v) is 23.8. The van der Waals surface area contributed by atoms with Crippen molar-refractivity contribution in [2.75, 3.05) is 0 Å². The van der Waals surface area contributed by atoms with Crippen molar-refractivity contribution in [3.63, 3.8) is 0 Å². The fraction of sp³-hybridized carbons (Fsp3) is 0.400. The lowest BCUT2D eigenvalue weighted by Gasteiger charge is -2.18. The highest BCUT2D eigenvalue weighted by Crippen LogP contribution is 2.35. The number of hydrogen-bond donors (Lipinski definition) is 1. The first-order valence-corrected chi connectivity index (χ1v) is 13.9. The van der Waals surface area contributed by atoms with Gasteiger partial charge in [-0.2, -0.15) is 0 Å². The van der Waals surface area contributed by atoms with Crippen LogP contribution in [0.3, 0.4) is 0 Å². The molecule has 0 aliphatic carbocycles. The second-order valence-electron chi connectivity index (χ2n) is 11.4. The van der Waals surface area contributed by atoms with Crippen LogP contribution in [0.15, 0.2) is 48.5 Å². The van der Waals surface area contributed by atoms with Gasteiger partial charge in [0.25, 0.3) is 0 Å². The summed E-state index contributed by atoms with van der Waals surface area (Å²) in [5, 5.41) is 2.09. The molecule has 0 saturated carbocycles. The summed E-state index contributed by atoms with van der Waals surface area (Å²) in [5.41, 5.74) is 14.0. The zero-order chi connectivity index (χ0) is 25.5. The lowest BCUT2D eigenvalue weighted by Crippen LogP contribution is -2.15. The van der Waals surface area contributed by atoms with Crippen molar-refractivity contribution >= 4 is 22.7 Å². The van der Waals surface area contributed by atoms with Crippen LogP contribution < -0.4 is 5.73 Å². The average molecular weight is 504 g/mol. The highest BCUT2D eigenvalue weighted by molar-refractivity contribution is 7.15. The summed E-state index contributed by atoms with van der Waals surface area (Å²) in [7, 11) is 0. The summed E-state index contributed by atoms with van der Waals surface area (Å²) in [4.78, 5) is 12.3. The molecule has 0 bridgehead atoms. The molecule has 2 aromatic carbocycles. The molecule has 3 nitrogen and oxygen atoms in total. The van der Waals surface area contributed by atoms with Gasteiger partial charge in [0.15, 0.2) is 0 Å². The lowest BCUT2D eigenvalue weighted by atomic mass is 9.87. The largest absolute Gasteiger partial charge is 0.322 e. The van der Waals surface area contributed by atoms with Gasteiger partial charge in [-0.15, -0.1) is 22.7 Å². The Labute approximate surface area is 218 Å². The van der Waals surface area contributed by atoms with Crippen LogP contribution in [0.5, 0.6) is 0 Å². The van der Waals surface area contributed by atoms with Crippen molar-refractivity contribution in [2.24, 2.45) is 5.73 Å². The third kappa shape index (κ3) is 5.74. The highest BCUT2D eigenvalue weighted by Gasteiger charge is 2.21. The molecule has 0 amide bonds. The van der Waals surface area contributed by atoms with E-state index in [4.69, 9.17) is 15.7 Å². The van der Waals surface area contributed by atoms with Gasteiger partial charge in [0, 0.05) is 27.3 Å². The number of nitrogens with two attached hydrogens (primary N) is 1. The number of nitrogens with zero attached hydrogens (tertiary/aromatic N) is 2. The first-order valence-electron chi connectivity index (χ1n) is 12.2. The molecular formula is C30H37N3S2. The van der Waals surface area contributed by atoms with Gasteiger partial charge in [0.2, 0.25) is 0 Å². The van der Waals surface area contributed by atoms with E-state index in [-0.39, 0.29) is 16.9 Å². The molecule has 2 aromatic heterocycles. The van der Waals surface area contributed by atoms with Gasteiger partial charge in [-0.05, 0) is 35.8 Å². The van der Waals surface area contributed by atoms with Gasteiger partial charge in [-0.25, -0.2) is 9.97 Å². The minimum Gasteiger partial charge on any atom is -0.322 e. The molecule has 2 N–H and O–H groups in total. The lowest BCUT2D eigenvalue weighted by molar-refractivity contribution is 0.590. The predicted octanol–water partition coefficient (Wildman–Crippen LogP) is 8.39. The van der Waals surface area contributed by atoms with Crippen LogP contribution in [0.2, 0.25) is 0 Å². The van der Waals surface area contributed by atoms with E-state index in [0.717, 1.165) is 32.5 Å². The summed E-state index contributed by atoms with van der Waals surface area (Å²) in [6.07, 6.45) is 0.690. The van der Waals surface area contributed by atoms with Crippen molar-refractivity contribution in [1.82, 2.24) is 9.97 Å². The van der Waals surface area contributed by atoms with Crippen LogP contribution in [-0.2, 0) is 17.3 Å². The third-order valence-electron chi connectivity index (χ3n) is 6.49. The maximum absolute atomic E-state index is 6.69. The minimum absolute atomic E-state index is 0.143. The fourth-order valence-electron chi connectivity index (χ4n) is 4.15. The highest BCUT2D eigenvalue weighted by atomic mass is 32.1. The van der Waals surface area contributed by atoms with Crippen molar-refractivity contribution in [3.05, 3.63) is 80.8 Å². The van der Waals surface area contributed by atoms with Gasteiger partial charge in [0.1, 0.15) is 10.0 Å². The molecule has 0 aliphatic heterocycles. The summed E-state index contributed by atoms with van der Waals surface area (Å²) in [6, 6.07) is 17.4. The second kappa shape index (κ2) is 9.61. The van der Waals surface area contributed by atoms with Crippen molar-refractivity contribution in [1.29, 1.82) is 0 Å². The van der Waals surface area contributed by atoms with Crippen LogP contribution >= 0.6 is 22.7 Å². The number of aromatic nitrogens is 2. The van der Waals surface area contributed by atoms with Gasteiger partial charge in [-0.1, -0.05) is 90.1 Å². The van der Waals surface area contributed by atoms with E-state index >= 15 is 0 Å². The molecule has 1 unspecified atom stereocenters. The van der Waals surface area contributed by atoms with Crippen molar-refractivity contribution in [3.8, 4) is 21.1 Å². The monoisotopic (exact) mass is 503 g/mol. The molecule has 4 rings (SSSR count). The van der Waals surface area contributed by atoms with E-state index in [1.807, 2.05) is 0 Å². The number of rotatable bonds is 5. The Balaban J connectivity index is 1.52. The number of hydrogen-bond acceptors (Lipinski definition) is 5. The Morgan fingerprint density at radius 3 is 1.57 bits per heavy atom. The average Bonchev–Trinajstić information content (AvgIpc) is 3.35.